The molecule has 2 unspecified atom stereocenters. The summed E-state index contributed by atoms with van der Waals surface area (Å²) in [5.41, 5.74) is 1.03. The van der Waals surface area contributed by atoms with Crippen LogP contribution in [0.2, 0.25) is 0 Å². The summed E-state index contributed by atoms with van der Waals surface area (Å²) in [6, 6.07) is 7.80. The Morgan fingerprint density at radius 3 is 2.65 bits per heavy atom. The predicted molar refractivity (Wildman–Crippen MR) is 79.5 cm³/mol. The van der Waals surface area contributed by atoms with E-state index >= 15 is 0 Å². The molecule has 1 fully saturated rings. The highest BCUT2D eigenvalue weighted by atomic mass is 16.5. The van der Waals surface area contributed by atoms with E-state index in [2.05, 4.69) is 19.2 Å². The molecule has 0 radical (unpaired) electrons. The molecule has 1 aromatic carbocycles. The van der Waals surface area contributed by atoms with Crippen molar-refractivity contribution in [2.45, 2.75) is 39.4 Å². The molecule has 0 bridgehead atoms. The minimum absolute atomic E-state index is 0.0917. The van der Waals surface area contributed by atoms with E-state index in [0.29, 0.717) is 5.92 Å². The Morgan fingerprint density at radius 1 is 1.35 bits per heavy atom. The quantitative estimate of drug-likeness (QED) is 0.898. The first-order valence-corrected chi connectivity index (χ1v) is 7.27. The molecule has 0 spiro atoms. The minimum atomic E-state index is -0.0938. The average Bonchev–Trinajstić information content (AvgIpc) is 2.75. The second kappa shape index (κ2) is 6.27. The number of hydrogen-bond donors (Lipinski definition) is 1. The normalized spacial score (nSPS) is 22.6. The Labute approximate surface area is 121 Å². The highest BCUT2D eigenvalue weighted by molar-refractivity contribution is 5.84. The molecule has 1 aliphatic heterocycles. The van der Waals surface area contributed by atoms with Crippen molar-refractivity contribution < 1.29 is 9.53 Å². The molecule has 1 saturated heterocycles. The molecule has 2 atom stereocenters. The van der Waals surface area contributed by atoms with Crippen LogP contribution in [0.5, 0.6) is 5.75 Å². The molecule has 0 saturated carbocycles. The summed E-state index contributed by atoms with van der Waals surface area (Å²) >= 11 is 0. The predicted octanol–water partition coefficient (Wildman–Crippen LogP) is 2.56. The molecule has 4 nitrogen and oxygen atoms in total. The Kier molecular flexibility index (Phi) is 4.65. The molecule has 110 valence electrons. The van der Waals surface area contributed by atoms with Crippen LogP contribution in [0.25, 0.3) is 0 Å². The number of rotatable bonds is 5. The number of para-hydroxylation sites is 1. The van der Waals surface area contributed by atoms with Gasteiger partial charge in [-0.2, -0.15) is 0 Å². The number of carbonyl (C=O) groups excluding carboxylic acids is 1. The Morgan fingerprint density at radius 2 is 2.05 bits per heavy atom. The van der Waals surface area contributed by atoms with Gasteiger partial charge in [-0.05, 0) is 18.4 Å². The molecule has 0 aliphatic carbocycles. The fourth-order valence-corrected chi connectivity index (χ4v) is 2.71. The number of nitrogens with zero attached hydrogens (tertiary/aromatic N) is 1. The first-order chi connectivity index (χ1) is 9.58. The second-order valence-electron chi connectivity index (χ2n) is 5.66. The van der Waals surface area contributed by atoms with Crippen molar-refractivity contribution in [1.82, 2.24) is 10.2 Å². The highest BCUT2D eigenvalue weighted by Gasteiger charge is 2.39. The summed E-state index contributed by atoms with van der Waals surface area (Å²) in [6.45, 7) is 7.05. The zero-order valence-electron chi connectivity index (χ0n) is 12.7. The molecule has 1 heterocycles. The lowest BCUT2D eigenvalue weighted by Crippen LogP contribution is -2.34. The van der Waals surface area contributed by atoms with Gasteiger partial charge < -0.3 is 9.64 Å². The fraction of sp³-hybridized carbons (Fsp3) is 0.562. The van der Waals surface area contributed by atoms with Crippen molar-refractivity contribution in [3.63, 3.8) is 0 Å². The average molecular weight is 276 g/mol. The van der Waals surface area contributed by atoms with Crippen LogP contribution in [-0.2, 0) is 4.79 Å². The van der Waals surface area contributed by atoms with Crippen molar-refractivity contribution in [3.05, 3.63) is 29.8 Å². The van der Waals surface area contributed by atoms with Gasteiger partial charge in [0.2, 0.25) is 5.91 Å². The summed E-state index contributed by atoms with van der Waals surface area (Å²) in [5.74, 6) is 1.45. The zero-order chi connectivity index (χ0) is 14.7. The van der Waals surface area contributed by atoms with E-state index < -0.39 is 0 Å². The first kappa shape index (κ1) is 14.9. The Hall–Kier alpha value is -1.55. The number of methoxy groups -OCH3 is 1. The first-order valence-electron chi connectivity index (χ1n) is 7.27. The van der Waals surface area contributed by atoms with Gasteiger partial charge in [0.1, 0.15) is 11.9 Å². The second-order valence-corrected chi connectivity index (χ2v) is 5.66. The van der Waals surface area contributed by atoms with Crippen LogP contribution in [-0.4, -0.2) is 30.5 Å². The molecule has 4 heteroatoms. The molecule has 1 aliphatic rings. The van der Waals surface area contributed by atoms with Crippen LogP contribution in [0.4, 0.5) is 0 Å². The van der Waals surface area contributed by atoms with Crippen molar-refractivity contribution >= 4 is 5.91 Å². The van der Waals surface area contributed by atoms with Crippen molar-refractivity contribution in [1.29, 1.82) is 0 Å². The maximum Gasteiger partial charge on any atom is 0.241 e. The van der Waals surface area contributed by atoms with Crippen molar-refractivity contribution in [2.75, 3.05) is 13.7 Å². The summed E-state index contributed by atoms with van der Waals surface area (Å²) < 4.78 is 5.44. The number of carbonyl (C=O) groups is 1. The zero-order valence-corrected chi connectivity index (χ0v) is 12.7. The van der Waals surface area contributed by atoms with Gasteiger partial charge in [0.05, 0.1) is 13.2 Å². The van der Waals surface area contributed by atoms with Crippen LogP contribution < -0.4 is 10.1 Å². The number of nitrogens with one attached hydrogen (secondary N) is 1. The largest absolute Gasteiger partial charge is 0.496 e. The number of hydrogen-bond acceptors (Lipinski definition) is 3. The number of benzene rings is 1. The van der Waals surface area contributed by atoms with Crippen molar-refractivity contribution in [2.24, 2.45) is 5.92 Å². The third-order valence-electron chi connectivity index (χ3n) is 3.66. The lowest BCUT2D eigenvalue weighted by atomic mass is 10.1. The van der Waals surface area contributed by atoms with E-state index in [4.69, 9.17) is 4.74 Å². The standard InChI is InChI=1S/C16H24N2O2/c1-5-13-16(19)18(10-11(2)3)15(17-13)12-8-6-7-9-14(12)20-4/h6-9,11,13,15,17H,5,10H2,1-4H3. The van der Waals surface area contributed by atoms with Gasteiger partial charge in [-0.15, -0.1) is 0 Å². The topological polar surface area (TPSA) is 41.6 Å². The molecule has 20 heavy (non-hydrogen) atoms. The van der Waals surface area contributed by atoms with Gasteiger partial charge in [-0.25, -0.2) is 0 Å². The van der Waals surface area contributed by atoms with Gasteiger partial charge >= 0.3 is 0 Å². The fourth-order valence-electron chi connectivity index (χ4n) is 2.71. The lowest BCUT2D eigenvalue weighted by Gasteiger charge is -2.27. The summed E-state index contributed by atoms with van der Waals surface area (Å²) in [4.78, 5) is 14.4. The molecule has 2 rings (SSSR count). The van der Waals surface area contributed by atoms with E-state index in [1.54, 1.807) is 7.11 Å². The highest BCUT2D eigenvalue weighted by Crippen LogP contribution is 2.32. The van der Waals surface area contributed by atoms with Gasteiger partial charge in [-0.3, -0.25) is 10.1 Å². The van der Waals surface area contributed by atoms with Crippen LogP contribution in [0.3, 0.4) is 0 Å². The van der Waals surface area contributed by atoms with E-state index in [1.165, 1.54) is 0 Å². The summed E-state index contributed by atoms with van der Waals surface area (Å²) in [5, 5.41) is 3.43. The molecule has 1 amide bonds. The molecular weight excluding hydrogens is 252 g/mol. The monoisotopic (exact) mass is 276 g/mol. The third-order valence-corrected chi connectivity index (χ3v) is 3.66. The molecule has 1 aromatic rings. The van der Waals surface area contributed by atoms with Gasteiger partial charge in [0.15, 0.2) is 0 Å². The summed E-state index contributed by atoms with van der Waals surface area (Å²) in [6.07, 6.45) is 0.713. The third kappa shape index (κ3) is 2.80. The van der Waals surface area contributed by atoms with E-state index in [0.717, 1.165) is 24.3 Å². The number of ether oxygens (including phenoxy) is 1. The Bertz CT molecular complexity index is 473. The maximum absolute atomic E-state index is 12.5. The molecule has 0 aromatic heterocycles. The Balaban J connectivity index is 2.34. The van der Waals surface area contributed by atoms with E-state index in [9.17, 15) is 4.79 Å². The van der Waals surface area contributed by atoms with Crippen molar-refractivity contribution in [3.8, 4) is 5.75 Å². The molecular formula is C16H24N2O2. The van der Waals surface area contributed by atoms with Crippen LogP contribution >= 0.6 is 0 Å². The van der Waals surface area contributed by atoms with Gasteiger partial charge in [-0.1, -0.05) is 39.0 Å². The van der Waals surface area contributed by atoms with Crippen LogP contribution in [0, 0.1) is 5.92 Å². The maximum atomic E-state index is 12.5. The SMILES string of the molecule is CCC1NC(c2ccccc2OC)N(CC(C)C)C1=O. The smallest absolute Gasteiger partial charge is 0.241 e. The van der Waals surface area contributed by atoms with Gasteiger partial charge in [0.25, 0.3) is 0 Å². The molecule has 1 N–H and O–H groups in total. The number of amides is 1. The van der Waals surface area contributed by atoms with E-state index in [1.807, 2.05) is 36.1 Å². The van der Waals surface area contributed by atoms with E-state index in [-0.39, 0.29) is 18.1 Å². The lowest BCUT2D eigenvalue weighted by molar-refractivity contribution is -0.130. The van der Waals surface area contributed by atoms with Crippen LogP contribution in [0.15, 0.2) is 24.3 Å². The minimum Gasteiger partial charge on any atom is -0.496 e. The van der Waals surface area contributed by atoms with Gasteiger partial charge in [0, 0.05) is 12.1 Å². The summed E-state index contributed by atoms with van der Waals surface area (Å²) in [7, 11) is 1.67. The van der Waals surface area contributed by atoms with Crippen LogP contribution in [0.1, 0.15) is 38.9 Å².